The van der Waals surface area contributed by atoms with Crippen LogP contribution in [-0.4, -0.2) is 23.9 Å². The van der Waals surface area contributed by atoms with Crippen LogP contribution in [0.15, 0.2) is 65.3 Å². The van der Waals surface area contributed by atoms with Crippen molar-refractivity contribution in [2.45, 2.75) is 0 Å². The normalized spacial score (nSPS) is 10.2. The van der Waals surface area contributed by atoms with Crippen LogP contribution in [0.1, 0.15) is 20.7 Å². The van der Waals surface area contributed by atoms with Gasteiger partial charge in [-0.05, 0) is 64.5 Å². The predicted octanol–water partition coefficient (Wildman–Crippen LogP) is 5.01. The summed E-state index contributed by atoms with van der Waals surface area (Å²) in [4.78, 5) is 29.1. The number of aromatic nitrogens is 1. The number of benzene rings is 2. The van der Waals surface area contributed by atoms with E-state index in [-0.39, 0.29) is 11.8 Å². The molecule has 0 saturated heterocycles. The molecule has 8 heteroatoms. The van der Waals surface area contributed by atoms with Gasteiger partial charge < -0.3 is 15.4 Å². The van der Waals surface area contributed by atoms with Crippen LogP contribution in [0.4, 0.5) is 11.5 Å². The van der Waals surface area contributed by atoms with E-state index in [1.807, 2.05) is 0 Å². The highest BCUT2D eigenvalue weighted by molar-refractivity contribution is 9.10. The summed E-state index contributed by atoms with van der Waals surface area (Å²) in [7, 11) is 1.46. The number of anilines is 2. The third kappa shape index (κ3) is 4.88. The molecule has 28 heavy (non-hydrogen) atoms. The van der Waals surface area contributed by atoms with Gasteiger partial charge in [0.15, 0.2) is 0 Å². The van der Waals surface area contributed by atoms with E-state index in [1.54, 1.807) is 60.8 Å². The first-order valence-corrected chi connectivity index (χ1v) is 9.31. The number of hydrogen-bond acceptors (Lipinski definition) is 4. The second kappa shape index (κ2) is 8.86. The third-order valence-corrected chi connectivity index (χ3v) is 4.46. The second-order valence-electron chi connectivity index (χ2n) is 5.70. The molecule has 0 aliphatic rings. The molecule has 3 rings (SSSR count). The Morgan fingerprint density at radius 2 is 1.86 bits per heavy atom. The van der Waals surface area contributed by atoms with E-state index in [2.05, 4.69) is 31.5 Å². The molecule has 2 aromatic carbocycles. The summed E-state index contributed by atoms with van der Waals surface area (Å²) in [6.07, 6.45) is 1.59. The lowest BCUT2D eigenvalue weighted by Crippen LogP contribution is -2.15. The number of carbonyl (C=O) groups excluding carboxylic acids is 2. The Hall–Kier alpha value is -2.90. The van der Waals surface area contributed by atoms with Crippen LogP contribution in [0.25, 0.3) is 0 Å². The topological polar surface area (TPSA) is 80.3 Å². The number of ether oxygens (including phenoxy) is 1. The summed E-state index contributed by atoms with van der Waals surface area (Å²) >= 11 is 9.22. The number of carbonyl (C=O) groups is 2. The molecule has 0 aliphatic heterocycles. The fraction of sp³-hybridized carbons (Fsp3) is 0.0500. The van der Waals surface area contributed by atoms with E-state index in [1.165, 1.54) is 7.11 Å². The predicted molar refractivity (Wildman–Crippen MR) is 112 cm³/mol. The van der Waals surface area contributed by atoms with E-state index >= 15 is 0 Å². The van der Waals surface area contributed by atoms with Crippen molar-refractivity contribution in [1.82, 2.24) is 4.98 Å². The first-order chi connectivity index (χ1) is 13.5. The van der Waals surface area contributed by atoms with Crippen LogP contribution in [0.2, 0.25) is 5.02 Å². The first-order valence-electron chi connectivity index (χ1n) is 8.14. The molecule has 142 valence electrons. The van der Waals surface area contributed by atoms with Crippen molar-refractivity contribution in [2.24, 2.45) is 0 Å². The van der Waals surface area contributed by atoms with Gasteiger partial charge in [0.2, 0.25) is 0 Å². The maximum atomic E-state index is 12.6. The van der Waals surface area contributed by atoms with Crippen LogP contribution in [0, 0.1) is 0 Å². The van der Waals surface area contributed by atoms with Crippen LogP contribution >= 0.6 is 27.5 Å². The molecule has 6 nitrogen and oxygen atoms in total. The van der Waals surface area contributed by atoms with Gasteiger partial charge in [-0.25, -0.2) is 4.98 Å². The molecule has 2 amide bonds. The number of rotatable bonds is 5. The zero-order valence-corrected chi connectivity index (χ0v) is 17.0. The molecule has 0 atom stereocenters. The Labute approximate surface area is 175 Å². The van der Waals surface area contributed by atoms with Gasteiger partial charge in [0.05, 0.1) is 12.7 Å². The fourth-order valence-corrected chi connectivity index (χ4v) is 2.82. The van der Waals surface area contributed by atoms with Crippen LogP contribution in [0.3, 0.4) is 0 Å². The van der Waals surface area contributed by atoms with Crippen molar-refractivity contribution in [1.29, 1.82) is 0 Å². The Bertz CT molecular complexity index is 1030. The Kier molecular flexibility index (Phi) is 6.28. The number of hydrogen-bond donors (Lipinski definition) is 2. The van der Waals surface area contributed by atoms with Crippen molar-refractivity contribution < 1.29 is 14.3 Å². The average molecular weight is 461 g/mol. The lowest BCUT2D eigenvalue weighted by atomic mass is 10.1. The van der Waals surface area contributed by atoms with E-state index in [9.17, 15) is 9.59 Å². The molecule has 0 unspecified atom stereocenters. The van der Waals surface area contributed by atoms with Crippen LogP contribution in [-0.2, 0) is 0 Å². The number of nitrogens with zero attached hydrogens (tertiary/aromatic N) is 1. The van der Waals surface area contributed by atoms with Gasteiger partial charge in [0.1, 0.15) is 11.6 Å². The van der Waals surface area contributed by atoms with Crippen LogP contribution < -0.4 is 15.4 Å². The molecule has 0 spiro atoms. The van der Waals surface area contributed by atoms with Gasteiger partial charge >= 0.3 is 0 Å². The van der Waals surface area contributed by atoms with Gasteiger partial charge in [-0.15, -0.1) is 0 Å². The van der Waals surface area contributed by atoms with Crippen LogP contribution in [0.5, 0.6) is 5.75 Å². The number of pyridine rings is 1. The van der Waals surface area contributed by atoms with Crippen molar-refractivity contribution in [3.8, 4) is 5.75 Å². The van der Waals surface area contributed by atoms with Crippen molar-refractivity contribution in [2.75, 3.05) is 17.7 Å². The zero-order chi connectivity index (χ0) is 20.1. The highest BCUT2D eigenvalue weighted by Gasteiger charge is 2.14. The minimum absolute atomic E-state index is 0.334. The van der Waals surface area contributed by atoms with Crippen molar-refractivity contribution in [3.05, 3.63) is 81.4 Å². The SMILES string of the molecule is COc1cc(Cl)ccc1C(=O)Nc1cccc(C(=O)Nc2ccc(Br)cn2)c1. The molecule has 0 radical (unpaired) electrons. The number of amides is 2. The second-order valence-corrected chi connectivity index (χ2v) is 7.05. The third-order valence-electron chi connectivity index (χ3n) is 3.76. The van der Waals surface area contributed by atoms with Crippen molar-refractivity contribution in [3.63, 3.8) is 0 Å². The van der Waals surface area contributed by atoms with Gasteiger partial charge in [0, 0.05) is 26.9 Å². The van der Waals surface area contributed by atoms with Crippen molar-refractivity contribution >= 4 is 50.9 Å². The maximum Gasteiger partial charge on any atom is 0.259 e. The summed E-state index contributed by atoms with van der Waals surface area (Å²) in [6.45, 7) is 0. The van der Waals surface area contributed by atoms with E-state index in [0.29, 0.717) is 33.4 Å². The maximum absolute atomic E-state index is 12.6. The lowest BCUT2D eigenvalue weighted by molar-refractivity contribution is 0.101. The minimum atomic E-state index is -0.374. The monoisotopic (exact) mass is 459 g/mol. The molecular formula is C20H15BrClN3O3. The van der Waals surface area contributed by atoms with Gasteiger partial charge in [-0.2, -0.15) is 0 Å². The number of halogens is 2. The molecule has 1 heterocycles. The van der Waals surface area contributed by atoms with E-state index < -0.39 is 0 Å². The fourth-order valence-electron chi connectivity index (χ4n) is 2.43. The molecule has 3 aromatic rings. The minimum Gasteiger partial charge on any atom is -0.496 e. The first kappa shape index (κ1) is 19.9. The molecule has 0 bridgehead atoms. The average Bonchev–Trinajstić information content (AvgIpc) is 2.69. The Morgan fingerprint density at radius 1 is 1.04 bits per heavy atom. The summed E-state index contributed by atoms with van der Waals surface area (Å²) in [6, 6.07) is 14.8. The van der Waals surface area contributed by atoms with E-state index in [4.69, 9.17) is 16.3 Å². The number of nitrogens with one attached hydrogen (secondary N) is 2. The molecular weight excluding hydrogens is 446 g/mol. The molecule has 0 fully saturated rings. The summed E-state index contributed by atoms with van der Waals surface area (Å²) < 4.78 is 6.01. The highest BCUT2D eigenvalue weighted by atomic mass is 79.9. The summed E-state index contributed by atoms with van der Waals surface area (Å²) in [5, 5.41) is 5.93. The molecule has 1 aromatic heterocycles. The Balaban J connectivity index is 1.75. The van der Waals surface area contributed by atoms with Gasteiger partial charge in [0.25, 0.3) is 11.8 Å². The zero-order valence-electron chi connectivity index (χ0n) is 14.7. The standard InChI is InChI=1S/C20H15BrClN3O3/c1-28-17-10-14(22)6-7-16(17)20(27)24-15-4-2-3-12(9-15)19(26)25-18-8-5-13(21)11-23-18/h2-11H,1H3,(H,24,27)(H,23,25,26). The largest absolute Gasteiger partial charge is 0.496 e. The number of methoxy groups -OCH3 is 1. The lowest BCUT2D eigenvalue weighted by Gasteiger charge is -2.11. The van der Waals surface area contributed by atoms with Gasteiger partial charge in [-0.3, -0.25) is 9.59 Å². The summed E-state index contributed by atoms with van der Waals surface area (Å²) in [5.74, 6) is 0.0735. The quantitative estimate of drug-likeness (QED) is 0.561. The smallest absolute Gasteiger partial charge is 0.259 e. The molecule has 0 saturated carbocycles. The van der Waals surface area contributed by atoms with Gasteiger partial charge in [-0.1, -0.05) is 17.7 Å². The Morgan fingerprint density at radius 3 is 2.57 bits per heavy atom. The van der Waals surface area contributed by atoms with E-state index in [0.717, 1.165) is 4.47 Å². The highest BCUT2D eigenvalue weighted by Crippen LogP contribution is 2.24. The summed E-state index contributed by atoms with van der Waals surface area (Å²) in [5.41, 5.74) is 1.19. The molecule has 0 aliphatic carbocycles. The molecule has 2 N–H and O–H groups in total.